The number of nitrogens with two attached hydrogens (primary N) is 1. The minimum absolute atomic E-state index is 0.136. The Labute approximate surface area is 109 Å². The van der Waals surface area contributed by atoms with Gasteiger partial charge in [-0.05, 0) is 18.2 Å². The highest BCUT2D eigenvalue weighted by Gasteiger charge is 2.15. The largest absolute Gasteiger partial charge is 0.457 e. The van der Waals surface area contributed by atoms with E-state index in [-0.39, 0.29) is 17.2 Å². The molecule has 0 atom stereocenters. The molecule has 0 bridgehead atoms. The highest BCUT2D eigenvalue weighted by Crippen LogP contribution is 2.23. The summed E-state index contributed by atoms with van der Waals surface area (Å²) in [5.41, 5.74) is 7.00. The topological polar surface area (TPSA) is 65.2 Å². The van der Waals surface area contributed by atoms with Crippen molar-refractivity contribution in [3.8, 4) is 0 Å². The van der Waals surface area contributed by atoms with Gasteiger partial charge in [-0.25, -0.2) is 4.79 Å². The molecule has 1 aromatic heterocycles. The molecular formula is C13H11ClN2O2. The summed E-state index contributed by atoms with van der Waals surface area (Å²) in [5.74, 6) is -0.540. The molecule has 0 aliphatic heterocycles. The van der Waals surface area contributed by atoms with Crippen molar-refractivity contribution in [3.63, 3.8) is 0 Å². The first-order valence-electron chi connectivity index (χ1n) is 5.28. The molecule has 0 saturated heterocycles. The van der Waals surface area contributed by atoms with E-state index in [1.807, 2.05) is 6.07 Å². The van der Waals surface area contributed by atoms with Gasteiger partial charge in [-0.3, -0.25) is 4.98 Å². The molecule has 1 aromatic carbocycles. The lowest BCUT2D eigenvalue weighted by molar-refractivity contribution is 0.0474. The van der Waals surface area contributed by atoms with E-state index in [4.69, 9.17) is 22.1 Å². The van der Waals surface area contributed by atoms with Crippen molar-refractivity contribution in [1.82, 2.24) is 4.98 Å². The number of pyridine rings is 1. The first-order valence-corrected chi connectivity index (χ1v) is 5.66. The zero-order chi connectivity index (χ0) is 13.0. The number of carbonyl (C=O) groups is 1. The van der Waals surface area contributed by atoms with Crippen LogP contribution in [-0.4, -0.2) is 11.0 Å². The van der Waals surface area contributed by atoms with E-state index in [2.05, 4.69) is 4.98 Å². The van der Waals surface area contributed by atoms with E-state index < -0.39 is 5.97 Å². The van der Waals surface area contributed by atoms with Gasteiger partial charge in [0.1, 0.15) is 12.2 Å². The van der Waals surface area contributed by atoms with Crippen molar-refractivity contribution in [2.75, 3.05) is 5.73 Å². The first kappa shape index (κ1) is 12.4. The van der Waals surface area contributed by atoms with Crippen LogP contribution in [0, 0.1) is 0 Å². The van der Waals surface area contributed by atoms with Crippen molar-refractivity contribution in [2.45, 2.75) is 6.61 Å². The Hall–Kier alpha value is -2.07. The normalized spacial score (nSPS) is 10.1. The molecule has 92 valence electrons. The molecule has 2 N–H and O–H groups in total. The molecule has 18 heavy (non-hydrogen) atoms. The number of esters is 1. The minimum Gasteiger partial charge on any atom is -0.457 e. The third kappa shape index (κ3) is 2.78. The summed E-state index contributed by atoms with van der Waals surface area (Å²) in [6, 6.07) is 8.46. The highest BCUT2D eigenvalue weighted by molar-refractivity contribution is 6.34. The van der Waals surface area contributed by atoms with Gasteiger partial charge < -0.3 is 10.5 Å². The van der Waals surface area contributed by atoms with Crippen LogP contribution in [0.2, 0.25) is 5.02 Å². The quantitative estimate of drug-likeness (QED) is 0.682. The summed E-state index contributed by atoms with van der Waals surface area (Å²) in [5, 5.41) is 0.284. The predicted octanol–water partition coefficient (Wildman–Crippen LogP) is 2.67. The molecule has 5 heteroatoms. The highest BCUT2D eigenvalue weighted by atomic mass is 35.5. The fourth-order valence-corrected chi connectivity index (χ4v) is 1.72. The molecule has 0 unspecified atom stereocenters. The lowest BCUT2D eigenvalue weighted by atomic mass is 10.2. The Morgan fingerprint density at radius 1 is 1.33 bits per heavy atom. The summed E-state index contributed by atoms with van der Waals surface area (Å²) in [4.78, 5) is 15.8. The van der Waals surface area contributed by atoms with Gasteiger partial charge in [0.15, 0.2) is 0 Å². The van der Waals surface area contributed by atoms with Gasteiger partial charge in [0.2, 0.25) is 0 Å². The summed E-state index contributed by atoms with van der Waals surface area (Å²) in [7, 11) is 0. The van der Waals surface area contributed by atoms with Crippen molar-refractivity contribution in [2.24, 2.45) is 0 Å². The third-order valence-electron chi connectivity index (χ3n) is 2.34. The average molecular weight is 263 g/mol. The van der Waals surface area contributed by atoms with E-state index in [1.54, 1.807) is 36.7 Å². The second kappa shape index (κ2) is 5.51. The second-order valence-electron chi connectivity index (χ2n) is 3.64. The van der Waals surface area contributed by atoms with Gasteiger partial charge in [-0.2, -0.15) is 0 Å². The first-order chi connectivity index (χ1) is 8.68. The molecule has 0 radical (unpaired) electrons. The number of nitrogen functional groups attached to an aromatic ring is 1. The Kier molecular flexibility index (Phi) is 3.79. The van der Waals surface area contributed by atoms with Gasteiger partial charge >= 0.3 is 5.97 Å². The lowest BCUT2D eigenvalue weighted by Gasteiger charge is -2.08. The van der Waals surface area contributed by atoms with E-state index in [9.17, 15) is 4.79 Å². The number of anilines is 1. The second-order valence-corrected chi connectivity index (χ2v) is 4.05. The summed E-state index contributed by atoms with van der Waals surface area (Å²) in [6.07, 6.45) is 3.28. The predicted molar refractivity (Wildman–Crippen MR) is 69.2 cm³/mol. The zero-order valence-corrected chi connectivity index (χ0v) is 10.2. The number of nitrogens with zero attached hydrogens (tertiary/aromatic N) is 1. The monoisotopic (exact) mass is 262 g/mol. The van der Waals surface area contributed by atoms with Crippen molar-refractivity contribution < 1.29 is 9.53 Å². The van der Waals surface area contributed by atoms with E-state index in [0.29, 0.717) is 5.69 Å². The van der Waals surface area contributed by atoms with E-state index >= 15 is 0 Å². The summed E-state index contributed by atoms with van der Waals surface area (Å²) < 4.78 is 5.13. The third-order valence-corrected chi connectivity index (χ3v) is 2.66. The van der Waals surface area contributed by atoms with Crippen LogP contribution in [0.25, 0.3) is 0 Å². The molecule has 0 aliphatic carbocycles. The van der Waals surface area contributed by atoms with E-state index in [0.717, 1.165) is 5.56 Å². The molecule has 0 saturated carbocycles. The number of benzene rings is 1. The molecule has 1 heterocycles. The van der Waals surface area contributed by atoms with Crippen molar-refractivity contribution >= 4 is 23.3 Å². The number of halogens is 1. The molecule has 0 amide bonds. The number of hydrogen-bond donors (Lipinski definition) is 1. The van der Waals surface area contributed by atoms with Gasteiger partial charge in [0.25, 0.3) is 0 Å². The number of ether oxygens (including phenoxy) is 1. The van der Waals surface area contributed by atoms with Crippen LogP contribution in [0.3, 0.4) is 0 Å². The minimum atomic E-state index is -0.540. The molecule has 0 spiro atoms. The number of hydrogen-bond acceptors (Lipinski definition) is 4. The van der Waals surface area contributed by atoms with Crippen LogP contribution in [0.1, 0.15) is 15.9 Å². The summed E-state index contributed by atoms with van der Waals surface area (Å²) in [6.45, 7) is 0.136. The molecule has 0 fully saturated rings. The van der Waals surface area contributed by atoms with Crippen LogP contribution < -0.4 is 5.73 Å². The maximum atomic E-state index is 11.9. The Bertz CT molecular complexity index is 538. The zero-order valence-electron chi connectivity index (χ0n) is 9.47. The number of carbonyl (C=O) groups excluding carboxylic acids is 1. The molecular weight excluding hydrogens is 252 g/mol. The molecule has 0 aliphatic rings. The van der Waals surface area contributed by atoms with Crippen LogP contribution in [0.5, 0.6) is 0 Å². The Morgan fingerprint density at radius 2 is 2.17 bits per heavy atom. The van der Waals surface area contributed by atoms with Crippen molar-refractivity contribution in [3.05, 3.63) is 58.9 Å². The molecule has 2 rings (SSSR count). The fourth-order valence-electron chi connectivity index (χ4n) is 1.46. The van der Waals surface area contributed by atoms with Gasteiger partial charge in [-0.1, -0.05) is 23.7 Å². The van der Waals surface area contributed by atoms with Crippen LogP contribution in [0.4, 0.5) is 5.69 Å². The van der Waals surface area contributed by atoms with Gasteiger partial charge in [0.05, 0.1) is 5.02 Å². The van der Waals surface area contributed by atoms with Crippen molar-refractivity contribution in [1.29, 1.82) is 0 Å². The number of rotatable bonds is 3. The maximum Gasteiger partial charge on any atom is 0.342 e. The smallest absolute Gasteiger partial charge is 0.342 e. The summed E-state index contributed by atoms with van der Waals surface area (Å²) >= 11 is 5.91. The number of aromatic nitrogens is 1. The van der Waals surface area contributed by atoms with Crippen LogP contribution >= 0.6 is 11.6 Å². The average Bonchev–Trinajstić information content (AvgIpc) is 2.37. The Morgan fingerprint density at radius 3 is 2.83 bits per heavy atom. The molecule has 2 aromatic rings. The van der Waals surface area contributed by atoms with Gasteiger partial charge in [-0.15, -0.1) is 0 Å². The maximum absolute atomic E-state index is 11.9. The van der Waals surface area contributed by atoms with E-state index in [1.165, 1.54) is 0 Å². The lowest BCUT2D eigenvalue weighted by Crippen LogP contribution is -2.09. The standard InChI is InChI=1S/C13H11ClN2O2/c14-10-4-1-5-11(15)12(10)13(17)18-8-9-3-2-6-16-7-9/h1-7H,8,15H2. The van der Waals surface area contributed by atoms with Crippen LogP contribution in [0.15, 0.2) is 42.7 Å². The van der Waals surface area contributed by atoms with Crippen LogP contribution in [-0.2, 0) is 11.3 Å². The van der Waals surface area contributed by atoms with Gasteiger partial charge in [0, 0.05) is 23.6 Å². The molecule has 4 nitrogen and oxygen atoms in total. The SMILES string of the molecule is Nc1cccc(Cl)c1C(=O)OCc1cccnc1. The Balaban J connectivity index is 2.09. The fraction of sp³-hybridized carbons (Fsp3) is 0.0769.